The van der Waals surface area contributed by atoms with Crippen molar-refractivity contribution < 1.29 is 9.90 Å². The van der Waals surface area contributed by atoms with E-state index in [-0.39, 0.29) is 11.7 Å². The summed E-state index contributed by atoms with van der Waals surface area (Å²) in [5.74, 6) is -0.190. The molecule has 6 heteroatoms. The Morgan fingerprint density at radius 1 is 1.12 bits per heavy atom. The number of carbonyl (C=O) groups excluding carboxylic acids is 1. The smallest absolute Gasteiger partial charge is 0.262 e. The summed E-state index contributed by atoms with van der Waals surface area (Å²) in [6, 6.07) is 17.7. The zero-order valence-electron chi connectivity index (χ0n) is 14.1. The van der Waals surface area contributed by atoms with Gasteiger partial charge in [-0.1, -0.05) is 41.9 Å². The van der Waals surface area contributed by atoms with Gasteiger partial charge in [-0.15, -0.1) is 0 Å². The van der Waals surface area contributed by atoms with Gasteiger partial charge in [0, 0.05) is 16.3 Å². The fraction of sp³-hybridized carbons (Fsp3) is 0.100. The second kappa shape index (κ2) is 7.89. The van der Waals surface area contributed by atoms with E-state index in [1.54, 1.807) is 37.3 Å². The third-order valence-corrected chi connectivity index (χ3v) is 4.19. The summed E-state index contributed by atoms with van der Waals surface area (Å²) in [6.07, 6.45) is 1.45. The number of phenolic OH excluding ortho intramolecular Hbond substituents is 1. The highest BCUT2D eigenvalue weighted by molar-refractivity contribution is 6.30. The first-order valence-electron chi connectivity index (χ1n) is 8.10. The van der Waals surface area contributed by atoms with Crippen LogP contribution in [0.2, 0.25) is 5.02 Å². The number of carbonyl (C=O) groups is 1. The van der Waals surface area contributed by atoms with Gasteiger partial charge < -0.3 is 10.4 Å². The highest BCUT2D eigenvalue weighted by Crippen LogP contribution is 2.25. The van der Waals surface area contributed by atoms with Gasteiger partial charge >= 0.3 is 0 Å². The molecule has 0 spiro atoms. The van der Waals surface area contributed by atoms with Crippen LogP contribution in [0.3, 0.4) is 0 Å². The second-order valence-corrected chi connectivity index (χ2v) is 6.26. The van der Waals surface area contributed by atoms with Crippen LogP contribution in [0.25, 0.3) is 10.8 Å². The van der Waals surface area contributed by atoms with Gasteiger partial charge in [0.1, 0.15) is 11.8 Å². The number of nitrogens with one attached hydrogen (secondary N) is 2. The first kappa shape index (κ1) is 17.8. The zero-order chi connectivity index (χ0) is 18.5. The van der Waals surface area contributed by atoms with Crippen LogP contribution in [0.15, 0.2) is 65.8 Å². The Balaban J connectivity index is 1.67. The van der Waals surface area contributed by atoms with Gasteiger partial charge in [0.05, 0.1) is 6.21 Å². The Hall–Kier alpha value is -3.05. The molecule has 0 aromatic heterocycles. The number of benzene rings is 3. The van der Waals surface area contributed by atoms with Gasteiger partial charge in [-0.25, -0.2) is 5.43 Å². The van der Waals surface area contributed by atoms with Crippen molar-refractivity contribution in [2.75, 3.05) is 5.32 Å². The van der Waals surface area contributed by atoms with Crippen molar-refractivity contribution in [3.63, 3.8) is 0 Å². The fourth-order valence-corrected chi connectivity index (χ4v) is 2.66. The van der Waals surface area contributed by atoms with Crippen LogP contribution in [0, 0.1) is 0 Å². The van der Waals surface area contributed by atoms with Crippen molar-refractivity contribution in [2.24, 2.45) is 5.10 Å². The predicted octanol–water partition coefficient (Wildman–Crippen LogP) is 4.15. The minimum atomic E-state index is -0.491. The van der Waals surface area contributed by atoms with Crippen LogP contribution in [0.4, 0.5) is 5.69 Å². The summed E-state index contributed by atoms with van der Waals surface area (Å²) in [6.45, 7) is 1.73. The van der Waals surface area contributed by atoms with Crippen molar-refractivity contribution in [1.29, 1.82) is 0 Å². The summed E-state index contributed by atoms with van der Waals surface area (Å²) in [7, 11) is 0. The lowest BCUT2D eigenvalue weighted by Crippen LogP contribution is -2.34. The minimum Gasteiger partial charge on any atom is -0.507 e. The van der Waals surface area contributed by atoms with Gasteiger partial charge in [0.2, 0.25) is 0 Å². The maximum absolute atomic E-state index is 12.2. The summed E-state index contributed by atoms with van der Waals surface area (Å²) < 4.78 is 0. The van der Waals surface area contributed by atoms with Crippen LogP contribution >= 0.6 is 11.6 Å². The molecule has 3 aromatic rings. The van der Waals surface area contributed by atoms with Crippen LogP contribution in [0.5, 0.6) is 5.75 Å². The number of hydrogen-bond acceptors (Lipinski definition) is 4. The fourth-order valence-electron chi connectivity index (χ4n) is 2.54. The molecule has 3 rings (SSSR count). The molecule has 0 aliphatic heterocycles. The van der Waals surface area contributed by atoms with E-state index < -0.39 is 6.04 Å². The lowest BCUT2D eigenvalue weighted by molar-refractivity contribution is -0.121. The second-order valence-electron chi connectivity index (χ2n) is 5.83. The molecule has 0 aliphatic rings. The molecule has 1 unspecified atom stereocenters. The van der Waals surface area contributed by atoms with Gasteiger partial charge in [0.15, 0.2) is 0 Å². The Labute approximate surface area is 156 Å². The van der Waals surface area contributed by atoms with Gasteiger partial charge in [-0.05, 0) is 48.0 Å². The Kier molecular flexibility index (Phi) is 5.39. The van der Waals surface area contributed by atoms with E-state index in [9.17, 15) is 9.90 Å². The lowest BCUT2D eigenvalue weighted by Gasteiger charge is -2.13. The molecular formula is C20H18ClN3O2. The SMILES string of the molecule is CC(Nc1ccc(Cl)cc1)C(=O)N/N=C/c1c(O)ccc2ccccc12. The van der Waals surface area contributed by atoms with Crippen molar-refractivity contribution in [1.82, 2.24) is 5.43 Å². The average molecular weight is 368 g/mol. The molecule has 3 N–H and O–H groups in total. The maximum Gasteiger partial charge on any atom is 0.262 e. The Bertz CT molecular complexity index is 955. The normalized spacial score (nSPS) is 12.2. The number of hydrazone groups is 1. The molecule has 0 saturated carbocycles. The van der Waals surface area contributed by atoms with Crippen molar-refractivity contribution >= 4 is 40.2 Å². The minimum absolute atomic E-state index is 0.106. The molecule has 0 radical (unpaired) electrons. The van der Waals surface area contributed by atoms with E-state index in [4.69, 9.17) is 11.6 Å². The summed E-state index contributed by atoms with van der Waals surface area (Å²) >= 11 is 5.85. The highest BCUT2D eigenvalue weighted by atomic mass is 35.5. The number of aromatic hydroxyl groups is 1. The van der Waals surface area contributed by atoms with Gasteiger partial charge in [0.25, 0.3) is 5.91 Å². The number of amides is 1. The molecule has 1 amide bonds. The van der Waals surface area contributed by atoms with Gasteiger partial charge in [-0.3, -0.25) is 4.79 Å². The largest absolute Gasteiger partial charge is 0.507 e. The monoisotopic (exact) mass is 367 g/mol. The van der Waals surface area contributed by atoms with Crippen LogP contribution in [-0.4, -0.2) is 23.3 Å². The standard InChI is InChI=1S/C20H18ClN3O2/c1-13(23-16-9-7-15(21)8-10-16)20(26)24-22-12-18-17-5-3-2-4-14(17)6-11-19(18)25/h2-13,23,25H,1H3,(H,24,26)/b22-12+. The van der Waals surface area contributed by atoms with E-state index in [1.165, 1.54) is 6.21 Å². The highest BCUT2D eigenvalue weighted by Gasteiger charge is 2.12. The summed E-state index contributed by atoms with van der Waals surface area (Å²) in [4.78, 5) is 12.2. The van der Waals surface area contributed by atoms with Crippen molar-refractivity contribution in [2.45, 2.75) is 13.0 Å². The van der Waals surface area contributed by atoms with Crippen molar-refractivity contribution in [3.05, 3.63) is 71.2 Å². The third-order valence-electron chi connectivity index (χ3n) is 3.94. The first-order valence-corrected chi connectivity index (χ1v) is 8.48. The molecule has 0 aliphatic carbocycles. The quantitative estimate of drug-likeness (QED) is 0.468. The Morgan fingerprint density at radius 3 is 2.62 bits per heavy atom. The Morgan fingerprint density at radius 2 is 1.85 bits per heavy atom. The maximum atomic E-state index is 12.2. The third kappa shape index (κ3) is 4.13. The molecule has 26 heavy (non-hydrogen) atoms. The van der Waals surface area contributed by atoms with Gasteiger partial charge in [-0.2, -0.15) is 5.10 Å². The van der Waals surface area contributed by atoms with E-state index in [0.29, 0.717) is 10.6 Å². The van der Waals surface area contributed by atoms with Crippen molar-refractivity contribution in [3.8, 4) is 5.75 Å². The molecule has 5 nitrogen and oxygen atoms in total. The molecule has 3 aromatic carbocycles. The number of anilines is 1. The number of phenols is 1. The topological polar surface area (TPSA) is 73.7 Å². The first-order chi connectivity index (χ1) is 12.5. The average Bonchev–Trinajstić information content (AvgIpc) is 2.65. The number of fused-ring (bicyclic) bond motifs is 1. The van der Waals surface area contributed by atoms with E-state index in [0.717, 1.165) is 16.5 Å². The lowest BCUT2D eigenvalue weighted by atomic mass is 10.0. The molecule has 0 bridgehead atoms. The van der Waals surface area contributed by atoms with Crippen LogP contribution < -0.4 is 10.7 Å². The molecule has 0 saturated heterocycles. The van der Waals surface area contributed by atoms with E-state index >= 15 is 0 Å². The summed E-state index contributed by atoms with van der Waals surface area (Å²) in [5, 5.41) is 19.6. The van der Waals surface area contributed by atoms with E-state index in [1.807, 2.05) is 30.3 Å². The molecule has 132 valence electrons. The van der Waals surface area contributed by atoms with Crippen LogP contribution in [0.1, 0.15) is 12.5 Å². The number of nitrogens with zero attached hydrogens (tertiary/aromatic N) is 1. The van der Waals surface area contributed by atoms with E-state index in [2.05, 4.69) is 15.8 Å². The molecular weight excluding hydrogens is 350 g/mol. The number of rotatable bonds is 5. The summed E-state index contributed by atoms with van der Waals surface area (Å²) in [5.41, 5.74) is 3.83. The number of halogens is 1. The number of hydrogen-bond donors (Lipinski definition) is 3. The molecule has 1 atom stereocenters. The molecule has 0 heterocycles. The predicted molar refractivity (Wildman–Crippen MR) is 106 cm³/mol. The zero-order valence-corrected chi connectivity index (χ0v) is 14.9. The van der Waals surface area contributed by atoms with Crippen LogP contribution in [-0.2, 0) is 4.79 Å². The molecule has 0 fully saturated rings.